The Morgan fingerprint density at radius 2 is 2.05 bits per heavy atom. The van der Waals surface area contributed by atoms with E-state index in [4.69, 9.17) is 0 Å². The Bertz CT molecular complexity index is 405. The van der Waals surface area contributed by atoms with Crippen LogP contribution in [0, 0.1) is 5.92 Å². The van der Waals surface area contributed by atoms with E-state index in [0.717, 1.165) is 12.1 Å². The summed E-state index contributed by atoms with van der Waals surface area (Å²) < 4.78 is 0. The summed E-state index contributed by atoms with van der Waals surface area (Å²) in [6.45, 7) is 7.51. The molecule has 0 saturated carbocycles. The predicted molar refractivity (Wildman–Crippen MR) is 77.0 cm³/mol. The van der Waals surface area contributed by atoms with E-state index in [1.165, 1.54) is 0 Å². The number of benzene rings is 1. The van der Waals surface area contributed by atoms with E-state index in [1.807, 2.05) is 19.1 Å². The van der Waals surface area contributed by atoms with Gasteiger partial charge in [-0.1, -0.05) is 26.0 Å². The number of hydrogen-bond acceptors (Lipinski definition) is 3. The largest absolute Gasteiger partial charge is 0.508 e. The zero-order valence-corrected chi connectivity index (χ0v) is 11.9. The lowest BCUT2D eigenvalue weighted by Gasteiger charge is -2.14. The van der Waals surface area contributed by atoms with Crippen LogP contribution in [0.4, 0.5) is 0 Å². The first kappa shape index (κ1) is 15.5. The lowest BCUT2D eigenvalue weighted by atomic mass is 10.1. The van der Waals surface area contributed by atoms with Crippen LogP contribution in [0.5, 0.6) is 5.75 Å². The van der Waals surface area contributed by atoms with E-state index >= 15 is 0 Å². The third-order valence-electron chi connectivity index (χ3n) is 2.88. The second-order valence-corrected chi connectivity index (χ2v) is 5.22. The number of hydrogen-bond donors (Lipinski definition) is 3. The minimum absolute atomic E-state index is 0.0734. The summed E-state index contributed by atoms with van der Waals surface area (Å²) in [6.07, 6.45) is 0.468. The van der Waals surface area contributed by atoms with Crippen LogP contribution in [0.3, 0.4) is 0 Å². The van der Waals surface area contributed by atoms with Gasteiger partial charge in [0.25, 0.3) is 0 Å². The second-order valence-electron chi connectivity index (χ2n) is 5.22. The zero-order valence-electron chi connectivity index (χ0n) is 11.9. The Kier molecular flexibility index (Phi) is 6.36. The van der Waals surface area contributed by atoms with E-state index < -0.39 is 0 Å². The maximum Gasteiger partial charge on any atom is 0.221 e. The molecule has 0 radical (unpaired) electrons. The van der Waals surface area contributed by atoms with E-state index in [9.17, 15) is 9.90 Å². The molecule has 0 saturated heterocycles. The summed E-state index contributed by atoms with van der Waals surface area (Å²) in [6, 6.07) is 7.27. The Hall–Kier alpha value is -1.55. The molecule has 0 aliphatic rings. The average molecular weight is 264 g/mol. The van der Waals surface area contributed by atoms with Crippen molar-refractivity contribution in [3.63, 3.8) is 0 Å². The van der Waals surface area contributed by atoms with Crippen molar-refractivity contribution in [2.24, 2.45) is 5.92 Å². The number of phenols is 1. The highest BCUT2D eigenvalue weighted by Gasteiger charge is 2.07. The standard InChI is InChI=1S/C15H24N2O2/c1-11(2)10-17-15(19)7-8-16-12(3)13-5-4-6-14(18)9-13/h4-6,9,11-12,16,18H,7-8,10H2,1-3H3,(H,17,19). The number of carbonyl (C=O) groups is 1. The van der Waals surface area contributed by atoms with Crippen molar-refractivity contribution in [2.45, 2.75) is 33.2 Å². The molecule has 0 aromatic heterocycles. The molecule has 0 aliphatic heterocycles. The third kappa shape index (κ3) is 6.25. The summed E-state index contributed by atoms with van der Waals surface area (Å²) in [5, 5.41) is 15.6. The summed E-state index contributed by atoms with van der Waals surface area (Å²) in [4.78, 5) is 11.5. The first-order valence-electron chi connectivity index (χ1n) is 6.78. The quantitative estimate of drug-likeness (QED) is 0.707. The van der Waals surface area contributed by atoms with Crippen LogP contribution in [0.1, 0.15) is 38.8 Å². The third-order valence-corrected chi connectivity index (χ3v) is 2.88. The molecule has 0 aliphatic carbocycles. The van der Waals surface area contributed by atoms with E-state index in [1.54, 1.807) is 12.1 Å². The molecule has 1 aromatic carbocycles. The van der Waals surface area contributed by atoms with Crippen molar-refractivity contribution in [3.05, 3.63) is 29.8 Å². The summed E-state index contributed by atoms with van der Waals surface area (Å²) in [7, 11) is 0. The van der Waals surface area contributed by atoms with Gasteiger partial charge in [0, 0.05) is 25.6 Å². The molecule has 0 fully saturated rings. The second kappa shape index (κ2) is 7.79. The molecule has 106 valence electrons. The van der Waals surface area contributed by atoms with Gasteiger partial charge in [-0.25, -0.2) is 0 Å². The molecule has 19 heavy (non-hydrogen) atoms. The van der Waals surface area contributed by atoms with Gasteiger partial charge in [0.05, 0.1) is 0 Å². The van der Waals surface area contributed by atoms with Crippen molar-refractivity contribution in [1.82, 2.24) is 10.6 Å². The molecule has 3 N–H and O–H groups in total. The van der Waals surface area contributed by atoms with Gasteiger partial charge in [0.2, 0.25) is 5.91 Å². The Labute approximate surface area is 115 Å². The molecule has 0 heterocycles. The normalized spacial score (nSPS) is 12.4. The summed E-state index contributed by atoms with van der Waals surface area (Å²) in [5.41, 5.74) is 1.02. The highest BCUT2D eigenvalue weighted by molar-refractivity contribution is 5.76. The van der Waals surface area contributed by atoms with Crippen LogP contribution in [0.15, 0.2) is 24.3 Å². The molecule has 1 aromatic rings. The predicted octanol–water partition coefficient (Wildman–Crippen LogP) is 2.21. The van der Waals surface area contributed by atoms with Crippen LogP contribution in [0.25, 0.3) is 0 Å². The smallest absolute Gasteiger partial charge is 0.221 e. The van der Waals surface area contributed by atoms with Gasteiger partial charge in [0.1, 0.15) is 5.75 Å². The molecule has 4 heteroatoms. The monoisotopic (exact) mass is 264 g/mol. The number of rotatable bonds is 7. The molecule has 1 atom stereocenters. The molecule has 0 spiro atoms. The van der Waals surface area contributed by atoms with Crippen molar-refractivity contribution in [2.75, 3.05) is 13.1 Å². The summed E-state index contributed by atoms with van der Waals surface area (Å²) in [5.74, 6) is 0.813. The lowest BCUT2D eigenvalue weighted by Crippen LogP contribution is -2.31. The number of amides is 1. The molecule has 0 bridgehead atoms. The van der Waals surface area contributed by atoms with E-state index in [-0.39, 0.29) is 17.7 Å². The fourth-order valence-corrected chi connectivity index (χ4v) is 1.72. The topological polar surface area (TPSA) is 61.4 Å². The van der Waals surface area contributed by atoms with Crippen molar-refractivity contribution < 1.29 is 9.90 Å². The highest BCUT2D eigenvalue weighted by Crippen LogP contribution is 2.17. The minimum atomic E-state index is 0.0734. The van der Waals surface area contributed by atoms with Crippen LogP contribution >= 0.6 is 0 Å². The number of aromatic hydroxyl groups is 1. The fourth-order valence-electron chi connectivity index (χ4n) is 1.72. The highest BCUT2D eigenvalue weighted by atomic mass is 16.3. The van der Waals surface area contributed by atoms with Gasteiger partial charge in [-0.3, -0.25) is 4.79 Å². The first-order chi connectivity index (χ1) is 8.99. The molecule has 1 amide bonds. The van der Waals surface area contributed by atoms with E-state index in [0.29, 0.717) is 18.9 Å². The van der Waals surface area contributed by atoms with Crippen molar-refractivity contribution in [1.29, 1.82) is 0 Å². The van der Waals surface area contributed by atoms with Gasteiger partial charge < -0.3 is 15.7 Å². The Morgan fingerprint density at radius 1 is 1.32 bits per heavy atom. The van der Waals surface area contributed by atoms with Crippen LogP contribution in [-0.2, 0) is 4.79 Å². The zero-order chi connectivity index (χ0) is 14.3. The van der Waals surface area contributed by atoms with Gasteiger partial charge in [0.15, 0.2) is 0 Å². The average Bonchev–Trinajstić information content (AvgIpc) is 2.36. The van der Waals surface area contributed by atoms with Crippen LogP contribution in [0.2, 0.25) is 0 Å². The Morgan fingerprint density at radius 3 is 2.68 bits per heavy atom. The van der Waals surface area contributed by atoms with Gasteiger partial charge >= 0.3 is 0 Å². The van der Waals surface area contributed by atoms with Gasteiger partial charge in [-0.05, 0) is 30.5 Å². The number of nitrogens with one attached hydrogen (secondary N) is 2. The lowest BCUT2D eigenvalue weighted by molar-refractivity contribution is -0.121. The SMILES string of the molecule is CC(C)CNC(=O)CCNC(C)c1cccc(O)c1. The minimum Gasteiger partial charge on any atom is -0.508 e. The molecule has 4 nitrogen and oxygen atoms in total. The van der Waals surface area contributed by atoms with E-state index in [2.05, 4.69) is 24.5 Å². The molecular weight excluding hydrogens is 240 g/mol. The number of carbonyl (C=O) groups excluding carboxylic acids is 1. The first-order valence-corrected chi connectivity index (χ1v) is 6.78. The van der Waals surface area contributed by atoms with Gasteiger partial charge in [-0.15, -0.1) is 0 Å². The van der Waals surface area contributed by atoms with Gasteiger partial charge in [-0.2, -0.15) is 0 Å². The van der Waals surface area contributed by atoms with Crippen molar-refractivity contribution >= 4 is 5.91 Å². The fraction of sp³-hybridized carbons (Fsp3) is 0.533. The molecule has 1 rings (SSSR count). The molecular formula is C15H24N2O2. The Balaban J connectivity index is 2.27. The van der Waals surface area contributed by atoms with Crippen LogP contribution in [-0.4, -0.2) is 24.1 Å². The maximum atomic E-state index is 11.5. The number of phenolic OH excluding ortho intramolecular Hbond substituents is 1. The maximum absolute atomic E-state index is 11.5. The molecule has 1 unspecified atom stereocenters. The summed E-state index contributed by atoms with van der Waals surface area (Å²) >= 11 is 0. The van der Waals surface area contributed by atoms with Crippen molar-refractivity contribution in [3.8, 4) is 5.75 Å². The van der Waals surface area contributed by atoms with Crippen LogP contribution < -0.4 is 10.6 Å².